The molecule has 2 aromatic rings. The van der Waals surface area contributed by atoms with Gasteiger partial charge in [0.05, 0.1) is 22.9 Å². The molecule has 2 rings (SSSR count). The first-order chi connectivity index (χ1) is 9.28. The van der Waals surface area contributed by atoms with Crippen molar-refractivity contribution >= 4 is 11.3 Å². The van der Waals surface area contributed by atoms with Crippen LogP contribution in [-0.4, -0.2) is 21.3 Å². The number of aromatic nitrogens is 3. The van der Waals surface area contributed by atoms with Crippen molar-refractivity contribution in [3.8, 4) is 0 Å². The monoisotopic (exact) mass is 278 g/mol. The Balaban J connectivity index is 2.24. The predicted octanol–water partition coefficient (Wildman–Crippen LogP) is 2.82. The third-order valence-corrected chi connectivity index (χ3v) is 4.02. The normalized spacial score (nSPS) is 12.8. The molecule has 0 aliphatic carbocycles. The van der Waals surface area contributed by atoms with Crippen LogP contribution in [0.3, 0.4) is 0 Å². The van der Waals surface area contributed by atoms with Crippen LogP contribution in [0.4, 0.5) is 0 Å². The van der Waals surface area contributed by atoms with Gasteiger partial charge >= 0.3 is 0 Å². The van der Waals surface area contributed by atoms with Crippen molar-refractivity contribution < 1.29 is 0 Å². The SMILES string of the molecule is CCNC(Cc1cncs1)c1cc(CC)nn1CC. The Morgan fingerprint density at radius 2 is 2.21 bits per heavy atom. The van der Waals surface area contributed by atoms with Gasteiger partial charge < -0.3 is 5.32 Å². The molecule has 5 heteroatoms. The Labute approximate surface area is 118 Å². The quantitative estimate of drug-likeness (QED) is 0.847. The first kappa shape index (κ1) is 14.2. The van der Waals surface area contributed by atoms with Gasteiger partial charge in [-0.15, -0.1) is 11.3 Å². The Bertz CT molecular complexity index is 490. The van der Waals surface area contributed by atoms with Gasteiger partial charge in [0.25, 0.3) is 0 Å². The van der Waals surface area contributed by atoms with E-state index < -0.39 is 0 Å². The molecular weight excluding hydrogens is 256 g/mol. The lowest BCUT2D eigenvalue weighted by Gasteiger charge is -2.18. The van der Waals surface area contributed by atoms with Crippen LogP contribution >= 0.6 is 11.3 Å². The Hall–Kier alpha value is -1.20. The average Bonchev–Trinajstić information content (AvgIpc) is 3.06. The maximum atomic E-state index is 4.64. The summed E-state index contributed by atoms with van der Waals surface area (Å²) in [4.78, 5) is 5.47. The van der Waals surface area contributed by atoms with Crippen molar-refractivity contribution in [1.29, 1.82) is 0 Å². The van der Waals surface area contributed by atoms with Crippen LogP contribution in [0.1, 0.15) is 43.1 Å². The van der Waals surface area contributed by atoms with E-state index in [-0.39, 0.29) is 0 Å². The molecule has 19 heavy (non-hydrogen) atoms. The minimum Gasteiger partial charge on any atom is -0.309 e. The van der Waals surface area contributed by atoms with Crippen LogP contribution in [0.15, 0.2) is 17.8 Å². The molecule has 0 saturated carbocycles. The minimum absolute atomic E-state index is 0.318. The molecule has 0 bridgehead atoms. The molecule has 0 aliphatic rings. The fourth-order valence-corrected chi connectivity index (χ4v) is 2.91. The van der Waals surface area contributed by atoms with Crippen LogP contribution in [0.2, 0.25) is 0 Å². The molecule has 104 valence electrons. The summed E-state index contributed by atoms with van der Waals surface area (Å²) in [5.41, 5.74) is 4.35. The Morgan fingerprint density at radius 3 is 2.79 bits per heavy atom. The molecule has 1 N–H and O–H groups in total. The molecule has 0 spiro atoms. The van der Waals surface area contributed by atoms with Gasteiger partial charge in [-0.05, 0) is 26.0 Å². The lowest BCUT2D eigenvalue weighted by atomic mass is 10.1. The highest BCUT2D eigenvalue weighted by molar-refractivity contribution is 7.09. The molecule has 2 heterocycles. The number of aryl methyl sites for hydroxylation is 2. The topological polar surface area (TPSA) is 42.7 Å². The highest BCUT2D eigenvalue weighted by Gasteiger charge is 2.17. The maximum absolute atomic E-state index is 4.64. The number of hydrogen-bond donors (Lipinski definition) is 1. The number of likely N-dealkylation sites (N-methyl/N-ethyl adjacent to an activating group) is 1. The highest BCUT2D eigenvalue weighted by atomic mass is 32.1. The van der Waals surface area contributed by atoms with E-state index in [1.807, 2.05) is 11.7 Å². The summed E-state index contributed by atoms with van der Waals surface area (Å²) in [6.45, 7) is 8.32. The molecule has 0 aromatic carbocycles. The lowest BCUT2D eigenvalue weighted by molar-refractivity contribution is 0.491. The van der Waals surface area contributed by atoms with Gasteiger partial charge in [-0.2, -0.15) is 5.10 Å². The second kappa shape index (κ2) is 6.82. The number of thiazole rings is 1. The van der Waals surface area contributed by atoms with Crippen LogP contribution in [0, 0.1) is 0 Å². The molecular formula is C14H22N4S. The fraction of sp³-hybridized carbons (Fsp3) is 0.571. The Kier molecular flexibility index (Phi) is 5.10. The summed E-state index contributed by atoms with van der Waals surface area (Å²) in [5.74, 6) is 0. The van der Waals surface area contributed by atoms with Crippen molar-refractivity contribution in [1.82, 2.24) is 20.1 Å². The van der Waals surface area contributed by atoms with E-state index in [1.165, 1.54) is 16.3 Å². The van der Waals surface area contributed by atoms with Gasteiger partial charge in [0, 0.05) is 24.0 Å². The summed E-state index contributed by atoms with van der Waals surface area (Å²) >= 11 is 1.72. The van der Waals surface area contributed by atoms with Crippen LogP contribution in [0.5, 0.6) is 0 Å². The molecule has 0 aliphatic heterocycles. The molecule has 1 atom stereocenters. The van der Waals surface area contributed by atoms with Crippen molar-refractivity contribution in [2.24, 2.45) is 0 Å². The van der Waals surface area contributed by atoms with Crippen molar-refractivity contribution in [2.45, 2.75) is 46.2 Å². The zero-order chi connectivity index (χ0) is 13.7. The fourth-order valence-electron chi connectivity index (χ4n) is 2.27. The van der Waals surface area contributed by atoms with Crippen LogP contribution in [-0.2, 0) is 19.4 Å². The zero-order valence-corrected chi connectivity index (χ0v) is 12.7. The van der Waals surface area contributed by atoms with Crippen molar-refractivity contribution in [2.75, 3.05) is 6.54 Å². The summed E-state index contributed by atoms with van der Waals surface area (Å²) in [5, 5.41) is 8.21. The first-order valence-electron chi connectivity index (χ1n) is 6.95. The zero-order valence-electron chi connectivity index (χ0n) is 11.9. The van der Waals surface area contributed by atoms with Crippen molar-refractivity contribution in [3.05, 3.63) is 34.0 Å². The van der Waals surface area contributed by atoms with Gasteiger partial charge in [-0.3, -0.25) is 9.67 Å². The van der Waals surface area contributed by atoms with E-state index in [0.717, 1.165) is 25.9 Å². The van der Waals surface area contributed by atoms with Crippen molar-refractivity contribution in [3.63, 3.8) is 0 Å². The second-order valence-electron chi connectivity index (χ2n) is 4.51. The molecule has 4 nitrogen and oxygen atoms in total. The first-order valence-corrected chi connectivity index (χ1v) is 7.83. The standard InChI is InChI=1S/C14H22N4S/c1-4-11-7-14(18(6-3)17-11)13(16-5-2)8-12-9-15-10-19-12/h7,9-10,13,16H,4-6,8H2,1-3H3. The summed E-state index contributed by atoms with van der Waals surface area (Å²) < 4.78 is 2.12. The van der Waals surface area contributed by atoms with E-state index in [2.05, 4.69) is 46.9 Å². The minimum atomic E-state index is 0.318. The van der Waals surface area contributed by atoms with Gasteiger partial charge in [0.2, 0.25) is 0 Å². The molecule has 0 amide bonds. The number of rotatable bonds is 7. The van der Waals surface area contributed by atoms with Gasteiger partial charge in [0.15, 0.2) is 0 Å². The summed E-state index contributed by atoms with van der Waals surface area (Å²) in [6.07, 6.45) is 3.93. The molecule has 0 saturated heterocycles. The van der Waals surface area contributed by atoms with E-state index in [1.54, 1.807) is 11.3 Å². The third kappa shape index (κ3) is 3.42. The number of hydrogen-bond acceptors (Lipinski definition) is 4. The molecule has 0 fully saturated rings. The average molecular weight is 278 g/mol. The molecule has 1 unspecified atom stereocenters. The van der Waals surface area contributed by atoms with Gasteiger partial charge in [-0.25, -0.2) is 0 Å². The molecule has 0 radical (unpaired) electrons. The smallest absolute Gasteiger partial charge is 0.0794 e. The predicted molar refractivity (Wildman–Crippen MR) is 79.5 cm³/mol. The number of nitrogens with one attached hydrogen (secondary N) is 1. The number of nitrogens with zero attached hydrogens (tertiary/aromatic N) is 3. The second-order valence-corrected chi connectivity index (χ2v) is 5.48. The summed E-state index contributed by atoms with van der Waals surface area (Å²) in [6, 6.07) is 2.55. The van der Waals surface area contributed by atoms with E-state index in [4.69, 9.17) is 0 Å². The van der Waals surface area contributed by atoms with Gasteiger partial charge in [0.1, 0.15) is 0 Å². The lowest BCUT2D eigenvalue weighted by Crippen LogP contribution is -2.25. The van der Waals surface area contributed by atoms with E-state index in [0.29, 0.717) is 6.04 Å². The summed E-state index contributed by atoms with van der Waals surface area (Å²) in [7, 11) is 0. The Morgan fingerprint density at radius 1 is 1.37 bits per heavy atom. The maximum Gasteiger partial charge on any atom is 0.0794 e. The largest absolute Gasteiger partial charge is 0.309 e. The third-order valence-electron chi connectivity index (χ3n) is 3.22. The van der Waals surface area contributed by atoms with Gasteiger partial charge in [-0.1, -0.05) is 13.8 Å². The highest BCUT2D eigenvalue weighted by Crippen LogP contribution is 2.21. The van der Waals surface area contributed by atoms with E-state index >= 15 is 0 Å². The molecule has 2 aromatic heterocycles. The van der Waals surface area contributed by atoms with Crippen LogP contribution < -0.4 is 5.32 Å². The van der Waals surface area contributed by atoms with Crippen LogP contribution in [0.25, 0.3) is 0 Å². The van der Waals surface area contributed by atoms with E-state index in [9.17, 15) is 0 Å².